The molecule has 0 unspecified atom stereocenters. The van der Waals surface area contributed by atoms with E-state index < -0.39 is 11.7 Å². The van der Waals surface area contributed by atoms with E-state index in [1.807, 2.05) is 0 Å². The van der Waals surface area contributed by atoms with Gasteiger partial charge < -0.3 is 10.00 Å². The molecule has 22 heavy (non-hydrogen) atoms. The van der Waals surface area contributed by atoms with Gasteiger partial charge in [-0.05, 0) is 30.7 Å². The number of aromatic nitrogens is 2. The van der Waals surface area contributed by atoms with Crippen LogP contribution in [0.1, 0.15) is 27.2 Å². The second kappa shape index (κ2) is 5.04. The Morgan fingerprint density at radius 3 is 2.45 bits per heavy atom. The van der Waals surface area contributed by atoms with E-state index in [0.29, 0.717) is 24.2 Å². The number of halogens is 3. The van der Waals surface area contributed by atoms with Crippen LogP contribution < -0.4 is 5.56 Å². The number of rotatable bonds is 1. The van der Waals surface area contributed by atoms with E-state index in [0.717, 1.165) is 12.1 Å². The van der Waals surface area contributed by atoms with Crippen LogP contribution in [0.2, 0.25) is 0 Å². The first-order valence-electron chi connectivity index (χ1n) is 6.61. The van der Waals surface area contributed by atoms with Crippen molar-refractivity contribution in [2.75, 3.05) is 6.54 Å². The lowest BCUT2D eigenvalue weighted by atomic mass is 10.1. The van der Waals surface area contributed by atoms with E-state index in [2.05, 4.69) is 10.2 Å². The lowest BCUT2D eigenvalue weighted by Crippen LogP contribution is -2.36. The van der Waals surface area contributed by atoms with Gasteiger partial charge in [-0.1, -0.05) is 0 Å². The van der Waals surface area contributed by atoms with Crippen LogP contribution in [0.25, 0.3) is 0 Å². The summed E-state index contributed by atoms with van der Waals surface area (Å²) in [6, 6.07) is 4.11. The van der Waals surface area contributed by atoms with Crippen LogP contribution in [0, 0.1) is 0 Å². The molecule has 2 N–H and O–H groups in total. The Morgan fingerprint density at radius 2 is 1.82 bits per heavy atom. The summed E-state index contributed by atoms with van der Waals surface area (Å²) in [7, 11) is 0. The molecule has 1 aromatic carbocycles. The second-order valence-electron chi connectivity index (χ2n) is 5.09. The first kappa shape index (κ1) is 14.4. The van der Waals surface area contributed by atoms with Crippen LogP contribution >= 0.6 is 0 Å². The molecule has 0 fully saturated rings. The van der Waals surface area contributed by atoms with Gasteiger partial charge in [0.2, 0.25) is 0 Å². The van der Waals surface area contributed by atoms with Crippen molar-refractivity contribution < 1.29 is 18.0 Å². The summed E-state index contributed by atoms with van der Waals surface area (Å²) in [6.07, 6.45) is -4.01. The highest BCUT2D eigenvalue weighted by atomic mass is 19.4. The van der Waals surface area contributed by atoms with E-state index >= 15 is 0 Å². The van der Waals surface area contributed by atoms with E-state index in [9.17, 15) is 22.8 Å². The maximum atomic E-state index is 12.5. The molecule has 0 spiro atoms. The van der Waals surface area contributed by atoms with Crippen molar-refractivity contribution >= 4 is 5.91 Å². The first-order chi connectivity index (χ1) is 10.4. The average molecular weight is 311 g/mol. The zero-order chi connectivity index (χ0) is 15.9. The molecule has 1 aliphatic heterocycles. The Balaban J connectivity index is 1.79. The SMILES string of the molecule is O=C(c1ccc(C(F)(F)F)cc1)N1CCc2c([nH][nH]c2=O)C1. The number of hydrogen-bond donors (Lipinski definition) is 2. The molecule has 2 aromatic rings. The third-order valence-electron chi connectivity index (χ3n) is 3.69. The summed E-state index contributed by atoms with van der Waals surface area (Å²) in [5.41, 5.74) is 0.457. The number of aromatic amines is 2. The van der Waals surface area contributed by atoms with Gasteiger partial charge in [-0.3, -0.25) is 14.7 Å². The quantitative estimate of drug-likeness (QED) is 0.845. The lowest BCUT2D eigenvalue weighted by Gasteiger charge is -2.26. The van der Waals surface area contributed by atoms with Gasteiger partial charge in [0.15, 0.2) is 0 Å². The van der Waals surface area contributed by atoms with Crippen molar-refractivity contribution in [3.63, 3.8) is 0 Å². The fourth-order valence-electron chi connectivity index (χ4n) is 2.49. The zero-order valence-electron chi connectivity index (χ0n) is 11.3. The van der Waals surface area contributed by atoms with Crippen LogP contribution in [0.5, 0.6) is 0 Å². The first-order valence-corrected chi connectivity index (χ1v) is 6.61. The Labute approximate surface area is 122 Å². The van der Waals surface area contributed by atoms with Crippen molar-refractivity contribution in [3.05, 3.63) is 57.0 Å². The van der Waals surface area contributed by atoms with Gasteiger partial charge in [0.25, 0.3) is 11.5 Å². The van der Waals surface area contributed by atoms with Gasteiger partial charge in [-0.15, -0.1) is 0 Å². The molecule has 116 valence electrons. The summed E-state index contributed by atoms with van der Waals surface area (Å²) >= 11 is 0. The zero-order valence-corrected chi connectivity index (χ0v) is 11.3. The largest absolute Gasteiger partial charge is 0.416 e. The Hall–Kier alpha value is -2.51. The number of carbonyl (C=O) groups excluding carboxylic acids is 1. The lowest BCUT2D eigenvalue weighted by molar-refractivity contribution is -0.137. The molecule has 0 aliphatic carbocycles. The van der Waals surface area contributed by atoms with Gasteiger partial charge in [-0.2, -0.15) is 13.2 Å². The molecule has 2 heterocycles. The van der Waals surface area contributed by atoms with Gasteiger partial charge in [0, 0.05) is 17.7 Å². The molecular formula is C14H12F3N3O2. The van der Waals surface area contributed by atoms with Gasteiger partial charge in [-0.25, -0.2) is 0 Å². The highest BCUT2D eigenvalue weighted by Gasteiger charge is 2.31. The molecule has 0 saturated carbocycles. The number of H-pyrrole nitrogens is 2. The smallest absolute Gasteiger partial charge is 0.332 e. The minimum absolute atomic E-state index is 0.189. The molecule has 1 aliphatic rings. The summed E-state index contributed by atoms with van der Waals surface area (Å²) in [5.74, 6) is -0.360. The van der Waals surface area contributed by atoms with Crippen LogP contribution in [0.4, 0.5) is 13.2 Å². The topological polar surface area (TPSA) is 69.0 Å². The molecule has 5 nitrogen and oxygen atoms in total. The van der Waals surface area contributed by atoms with Crippen LogP contribution in [-0.4, -0.2) is 27.5 Å². The summed E-state index contributed by atoms with van der Waals surface area (Å²) in [5, 5.41) is 5.17. The molecular weight excluding hydrogens is 299 g/mol. The molecule has 8 heteroatoms. The van der Waals surface area contributed by atoms with Crippen molar-refractivity contribution in [2.24, 2.45) is 0 Å². The van der Waals surface area contributed by atoms with E-state index in [1.165, 1.54) is 17.0 Å². The van der Waals surface area contributed by atoms with Gasteiger partial charge in [0.05, 0.1) is 17.8 Å². The molecule has 3 rings (SSSR count). The maximum Gasteiger partial charge on any atom is 0.416 e. The molecule has 1 aromatic heterocycles. The fourth-order valence-corrected chi connectivity index (χ4v) is 2.49. The third-order valence-corrected chi connectivity index (χ3v) is 3.69. The Bertz CT molecular complexity index is 759. The molecule has 1 amide bonds. The third kappa shape index (κ3) is 2.51. The minimum atomic E-state index is -4.42. The van der Waals surface area contributed by atoms with Crippen molar-refractivity contribution in [2.45, 2.75) is 19.1 Å². The van der Waals surface area contributed by atoms with Gasteiger partial charge >= 0.3 is 6.18 Å². The van der Waals surface area contributed by atoms with Gasteiger partial charge in [0.1, 0.15) is 0 Å². The van der Waals surface area contributed by atoms with E-state index in [-0.39, 0.29) is 23.6 Å². The second-order valence-corrected chi connectivity index (χ2v) is 5.09. The average Bonchev–Trinajstić information content (AvgIpc) is 2.87. The fraction of sp³-hybridized carbons (Fsp3) is 0.286. The van der Waals surface area contributed by atoms with E-state index in [4.69, 9.17) is 0 Å². The van der Waals surface area contributed by atoms with Crippen molar-refractivity contribution in [1.29, 1.82) is 0 Å². The predicted octanol–water partition coefficient (Wildman–Crippen LogP) is 1.92. The maximum absolute atomic E-state index is 12.5. The number of benzene rings is 1. The summed E-state index contributed by atoms with van der Waals surface area (Å²) in [4.78, 5) is 25.3. The number of fused-ring (bicyclic) bond motifs is 1. The van der Waals surface area contributed by atoms with Crippen LogP contribution in [-0.2, 0) is 19.1 Å². The normalized spacial score (nSPS) is 14.8. The molecule has 0 radical (unpaired) electrons. The number of hydrogen-bond acceptors (Lipinski definition) is 2. The molecule has 0 atom stereocenters. The summed E-state index contributed by atoms with van der Waals surface area (Å²) in [6.45, 7) is 0.585. The van der Waals surface area contributed by atoms with Crippen LogP contribution in [0.15, 0.2) is 29.1 Å². The Morgan fingerprint density at radius 1 is 1.14 bits per heavy atom. The molecule has 0 bridgehead atoms. The Kier molecular flexibility index (Phi) is 3.31. The van der Waals surface area contributed by atoms with E-state index in [1.54, 1.807) is 0 Å². The van der Waals surface area contributed by atoms with Crippen molar-refractivity contribution in [3.8, 4) is 0 Å². The highest BCUT2D eigenvalue weighted by Crippen LogP contribution is 2.29. The number of alkyl halides is 3. The minimum Gasteiger partial charge on any atom is -0.332 e. The predicted molar refractivity (Wildman–Crippen MR) is 71.3 cm³/mol. The van der Waals surface area contributed by atoms with Crippen molar-refractivity contribution in [1.82, 2.24) is 15.1 Å². The number of nitrogens with one attached hydrogen (secondary N) is 2. The standard InChI is InChI=1S/C14H12F3N3O2/c15-14(16,17)9-3-1-8(2-4-9)13(22)20-6-5-10-11(7-20)18-19-12(10)21/h1-4H,5-7H2,(H2,18,19,21). The number of nitrogens with zero attached hydrogens (tertiary/aromatic N) is 1. The summed E-state index contributed by atoms with van der Waals surface area (Å²) < 4.78 is 37.5. The number of carbonyl (C=O) groups is 1. The monoisotopic (exact) mass is 311 g/mol. The number of amides is 1. The highest BCUT2D eigenvalue weighted by molar-refractivity contribution is 5.94. The molecule has 0 saturated heterocycles. The van der Waals surface area contributed by atoms with Crippen LogP contribution in [0.3, 0.4) is 0 Å².